The Morgan fingerprint density at radius 3 is 2.75 bits per heavy atom. The fourth-order valence-corrected chi connectivity index (χ4v) is 1.43. The first-order valence-electron chi connectivity index (χ1n) is 4.23. The number of hydrogen-bond donors (Lipinski definition) is 2. The van der Waals surface area contributed by atoms with E-state index in [-0.39, 0.29) is 12.0 Å². The summed E-state index contributed by atoms with van der Waals surface area (Å²) in [6, 6.07) is 0. The van der Waals surface area contributed by atoms with Crippen LogP contribution in [0.3, 0.4) is 0 Å². The summed E-state index contributed by atoms with van der Waals surface area (Å²) < 4.78 is 5.38. The van der Waals surface area contributed by atoms with Gasteiger partial charge in [0.15, 0.2) is 6.29 Å². The highest BCUT2D eigenvalue weighted by molar-refractivity contribution is 5.63. The number of hydrogen-bond acceptors (Lipinski definition) is 4. The molecule has 0 aromatic heterocycles. The maximum Gasteiger partial charge on any atom is 0.154 e. The standard InChI is InChI=1S/C8H16N2O2/c1-6(8(9,10)5-11)7-3-2-4-12-7/h5-7H,2-4,9-10H2,1H3. The molecular formula is C8H16N2O2. The molecule has 0 radical (unpaired) electrons. The van der Waals surface area contributed by atoms with Crippen LogP contribution < -0.4 is 11.5 Å². The summed E-state index contributed by atoms with van der Waals surface area (Å²) in [4.78, 5) is 10.5. The normalized spacial score (nSPS) is 27.1. The van der Waals surface area contributed by atoms with Gasteiger partial charge in [0.2, 0.25) is 0 Å². The van der Waals surface area contributed by atoms with E-state index in [1.165, 1.54) is 0 Å². The first-order chi connectivity index (χ1) is 5.58. The van der Waals surface area contributed by atoms with Crippen molar-refractivity contribution in [3.63, 3.8) is 0 Å². The second-order valence-corrected chi connectivity index (χ2v) is 3.46. The molecule has 0 amide bonds. The van der Waals surface area contributed by atoms with Crippen LogP contribution in [0.5, 0.6) is 0 Å². The van der Waals surface area contributed by atoms with Crippen molar-refractivity contribution in [2.24, 2.45) is 17.4 Å². The fourth-order valence-electron chi connectivity index (χ4n) is 1.43. The van der Waals surface area contributed by atoms with Gasteiger partial charge in [-0.1, -0.05) is 6.92 Å². The Morgan fingerprint density at radius 2 is 2.33 bits per heavy atom. The van der Waals surface area contributed by atoms with Gasteiger partial charge in [0.1, 0.15) is 5.66 Å². The van der Waals surface area contributed by atoms with Crippen LogP contribution in [-0.4, -0.2) is 24.7 Å². The molecule has 1 heterocycles. The topological polar surface area (TPSA) is 78.3 Å². The summed E-state index contributed by atoms with van der Waals surface area (Å²) in [5.41, 5.74) is 9.90. The van der Waals surface area contributed by atoms with E-state index >= 15 is 0 Å². The zero-order valence-electron chi connectivity index (χ0n) is 7.32. The molecule has 2 atom stereocenters. The Labute approximate surface area is 72.2 Å². The average molecular weight is 172 g/mol. The second kappa shape index (κ2) is 3.51. The minimum atomic E-state index is -1.24. The van der Waals surface area contributed by atoms with Crippen molar-refractivity contribution < 1.29 is 9.53 Å². The van der Waals surface area contributed by atoms with Gasteiger partial charge in [0.05, 0.1) is 6.10 Å². The molecule has 1 aliphatic heterocycles. The molecule has 1 aliphatic rings. The summed E-state index contributed by atoms with van der Waals surface area (Å²) in [5, 5.41) is 0. The highest BCUT2D eigenvalue weighted by Crippen LogP contribution is 2.23. The first kappa shape index (κ1) is 9.64. The van der Waals surface area contributed by atoms with E-state index in [0.29, 0.717) is 6.29 Å². The smallest absolute Gasteiger partial charge is 0.154 e. The highest BCUT2D eigenvalue weighted by atomic mass is 16.5. The molecule has 70 valence electrons. The third-order valence-corrected chi connectivity index (χ3v) is 2.52. The monoisotopic (exact) mass is 172 g/mol. The molecule has 1 rings (SSSR count). The van der Waals surface area contributed by atoms with Crippen molar-refractivity contribution in [3.8, 4) is 0 Å². The number of aldehydes is 1. The maximum atomic E-state index is 10.5. The number of carbonyl (C=O) groups excluding carboxylic acids is 1. The van der Waals surface area contributed by atoms with E-state index in [4.69, 9.17) is 16.2 Å². The molecule has 0 aliphatic carbocycles. The van der Waals surface area contributed by atoms with Gasteiger partial charge in [-0.15, -0.1) is 0 Å². The third kappa shape index (κ3) is 1.83. The van der Waals surface area contributed by atoms with Gasteiger partial charge in [-0.3, -0.25) is 4.79 Å². The van der Waals surface area contributed by atoms with Crippen molar-refractivity contribution in [1.82, 2.24) is 0 Å². The molecule has 1 fully saturated rings. The average Bonchev–Trinajstić information content (AvgIpc) is 2.55. The van der Waals surface area contributed by atoms with Crippen molar-refractivity contribution in [2.75, 3.05) is 6.61 Å². The van der Waals surface area contributed by atoms with Gasteiger partial charge in [-0.05, 0) is 12.8 Å². The Balaban J connectivity index is 2.55. The number of rotatable bonds is 3. The van der Waals surface area contributed by atoms with Gasteiger partial charge < -0.3 is 16.2 Å². The summed E-state index contributed by atoms with van der Waals surface area (Å²) in [6.45, 7) is 2.61. The van der Waals surface area contributed by atoms with Crippen LogP contribution in [0.2, 0.25) is 0 Å². The fraction of sp³-hybridized carbons (Fsp3) is 0.875. The SMILES string of the molecule is CC(C1CCCO1)C(N)(N)C=O. The summed E-state index contributed by atoms with van der Waals surface area (Å²) in [7, 11) is 0. The summed E-state index contributed by atoms with van der Waals surface area (Å²) in [5.74, 6) is -0.113. The Hall–Kier alpha value is -0.450. The van der Waals surface area contributed by atoms with Crippen molar-refractivity contribution in [3.05, 3.63) is 0 Å². The van der Waals surface area contributed by atoms with Gasteiger partial charge in [0, 0.05) is 12.5 Å². The molecule has 0 aromatic rings. The summed E-state index contributed by atoms with van der Waals surface area (Å²) >= 11 is 0. The quantitative estimate of drug-likeness (QED) is 0.449. The largest absolute Gasteiger partial charge is 0.378 e. The predicted molar refractivity (Wildman–Crippen MR) is 45.3 cm³/mol. The minimum absolute atomic E-state index is 0.0465. The van der Waals surface area contributed by atoms with Crippen LogP contribution >= 0.6 is 0 Å². The zero-order chi connectivity index (χ0) is 9.19. The van der Waals surface area contributed by atoms with Crippen molar-refractivity contribution >= 4 is 6.29 Å². The van der Waals surface area contributed by atoms with E-state index < -0.39 is 5.66 Å². The van der Waals surface area contributed by atoms with E-state index in [9.17, 15) is 4.79 Å². The second-order valence-electron chi connectivity index (χ2n) is 3.46. The lowest BCUT2D eigenvalue weighted by molar-refractivity contribution is -0.115. The predicted octanol–water partition coefficient (Wildman–Crippen LogP) is -0.386. The molecule has 0 aromatic carbocycles. The summed E-state index contributed by atoms with van der Waals surface area (Å²) in [6.07, 6.45) is 2.62. The zero-order valence-corrected chi connectivity index (χ0v) is 7.32. The molecule has 12 heavy (non-hydrogen) atoms. The van der Waals surface area contributed by atoms with E-state index in [2.05, 4.69) is 0 Å². The lowest BCUT2D eigenvalue weighted by atomic mass is 9.90. The Bertz CT molecular complexity index is 164. The van der Waals surface area contributed by atoms with Crippen molar-refractivity contribution in [1.29, 1.82) is 0 Å². The molecule has 2 unspecified atom stereocenters. The maximum absolute atomic E-state index is 10.5. The molecule has 4 N–H and O–H groups in total. The lowest BCUT2D eigenvalue weighted by Gasteiger charge is -2.29. The van der Waals surface area contributed by atoms with Crippen LogP contribution in [0, 0.1) is 5.92 Å². The molecule has 0 spiro atoms. The number of ether oxygens (including phenoxy) is 1. The van der Waals surface area contributed by atoms with Crippen LogP contribution in [0.15, 0.2) is 0 Å². The van der Waals surface area contributed by atoms with Crippen LogP contribution in [-0.2, 0) is 9.53 Å². The van der Waals surface area contributed by atoms with E-state index in [1.807, 2.05) is 6.92 Å². The highest BCUT2D eigenvalue weighted by Gasteiger charge is 2.35. The first-order valence-corrected chi connectivity index (χ1v) is 4.23. The Morgan fingerprint density at radius 1 is 1.67 bits per heavy atom. The number of nitrogens with two attached hydrogens (primary N) is 2. The van der Waals surface area contributed by atoms with Gasteiger partial charge in [-0.2, -0.15) is 0 Å². The van der Waals surface area contributed by atoms with Crippen LogP contribution in [0.1, 0.15) is 19.8 Å². The van der Waals surface area contributed by atoms with Crippen molar-refractivity contribution in [2.45, 2.75) is 31.5 Å². The van der Waals surface area contributed by atoms with Gasteiger partial charge in [0.25, 0.3) is 0 Å². The third-order valence-electron chi connectivity index (χ3n) is 2.52. The molecule has 4 nitrogen and oxygen atoms in total. The molecule has 0 bridgehead atoms. The molecule has 1 saturated heterocycles. The minimum Gasteiger partial charge on any atom is -0.378 e. The Kier molecular flexibility index (Phi) is 2.82. The lowest BCUT2D eigenvalue weighted by Crippen LogP contribution is -2.59. The van der Waals surface area contributed by atoms with E-state index in [0.717, 1.165) is 19.4 Å². The number of carbonyl (C=O) groups is 1. The molecular weight excluding hydrogens is 156 g/mol. The van der Waals surface area contributed by atoms with Crippen LogP contribution in [0.25, 0.3) is 0 Å². The molecule has 4 heteroatoms. The molecule has 0 saturated carbocycles. The van der Waals surface area contributed by atoms with Gasteiger partial charge >= 0.3 is 0 Å². The van der Waals surface area contributed by atoms with Gasteiger partial charge in [-0.25, -0.2) is 0 Å². The van der Waals surface area contributed by atoms with Crippen LogP contribution in [0.4, 0.5) is 0 Å². The van der Waals surface area contributed by atoms with E-state index in [1.54, 1.807) is 0 Å².